The molecule has 30 heavy (non-hydrogen) atoms. The molecule has 0 radical (unpaired) electrons. The highest BCUT2D eigenvalue weighted by Gasteiger charge is 2.47. The lowest BCUT2D eigenvalue weighted by atomic mass is 9.96. The molecule has 0 aromatic heterocycles. The van der Waals surface area contributed by atoms with Crippen LogP contribution >= 0.6 is 0 Å². The number of carboxylic acid groups (broad SMARTS) is 1. The van der Waals surface area contributed by atoms with Gasteiger partial charge in [0, 0.05) is 31.2 Å². The number of aldehydes is 1. The average Bonchev–Trinajstić information content (AvgIpc) is 3.35. The maximum absolute atomic E-state index is 13.5. The molecule has 2 fully saturated rings. The van der Waals surface area contributed by atoms with Crippen LogP contribution in [0.2, 0.25) is 0 Å². The van der Waals surface area contributed by atoms with E-state index in [1.165, 1.54) is 12.1 Å². The van der Waals surface area contributed by atoms with Crippen LogP contribution < -0.4 is 5.32 Å². The standard InChI is InChI=1S/C17H19F2N3O.C2HF3O2/c18-13-5-11(6-14(19)7-13)16-1-2-21-22(16)17-15-4-10(9-23)3-12(15)8-20-17;3-2(4,5)1(6)7/h2,5-7,9-10,12,15-17,20H,1,3-4,8H2;(H,6,7)/t10?,12-,15-,16?,17?;/m0./s1. The Balaban J connectivity index is 0.000000318. The lowest BCUT2D eigenvalue weighted by Crippen LogP contribution is -2.43. The van der Waals surface area contributed by atoms with Crippen LogP contribution in [0.4, 0.5) is 22.0 Å². The summed E-state index contributed by atoms with van der Waals surface area (Å²) in [5.74, 6) is -2.91. The van der Waals surface area contributed by atoms with Crippen LogP contribution in [0.1, 0.15) is 30.9 Å². The summed E-state index contributed by atoms with van der Waals surface area (Å²) in [5.41, 5.74) is 0.607. The Bertz CT molecular complexity index is 812. The van der Waals surface area contributed by atoms with Crippen molar-refractivity contribution < 1.29 is 36.6 Å². The predicted octanol–water partition coefficient (Wildman–Crippen LogP) is 3.10. The molecule has 11 heteroatoms. The average molecular weight is 433 g/mol. The van der Waals surface area contributed by atoms with E-state index in [0.29, 0.717) is 23.8 Å². The zero-order chi connectivity index (χ0) is 22.1. The van der Waals surface area contributed by atoms with E-state index < -0.39 is 23.8 Å². The van der Waals surface area contributed by atoms with Crippen LogP contribution in [0.3, 0.4) is 0 Å². The maximum Gasteiger partial charge on any atom is 0.490 e. The minimum absolute atomic E-state index is 0.0278. The van der Waals surface area contributed by atoms with Gasteiger partial charge in [0.25, 0.3) is 0 Å². The lowest BCUT2D eigenvalue weighted by Gasteiger charge is -2.33. The molecule has 1 aromatic rings. The first-order chi connectivity index (χ1) is 14.1. The van der Waals surface area contributed by atoms with Gasteiger partial charge in [0.05, 0.1) is 6.04 Å². The first-order valence-electron chi connectivity index (χ1n) is 9.35. The van der Waals surface area contributed by atoms with Gasteiger partial charge >= 0.3 is 12.1 Å². The molecule has 0 bridgehead atoms. The first-order valence-corrected chi connectivity index (χ1v) is 9.35. The summed E-state index contributed by atoms with van der Waals surface area (Å²) < 4.78 is 58.8. The second kappa shape index (κ2) is 8.66. The van der Waals surface area contributed by atoms with Gasteiger partial charge in [0.1, 0.15) is 24.1 Å². The quantitative estimate of drug-likeness (QED) is 0.566. The van der Waals surface area contributed by atoms with Crippen LogP contribution in [0.15, 0.2) is 23.3 Å². The summed E-state index contributed by atoms with van der Waals surface area (Å²) in [6.45, 7) is 0.871. The molecule has 3 aliphatic rings. The van der Waals surface area contributed by atoms with Gasteiger partial charge in [0.2, 0.25) is 0 Å². The second-order valence-corrected chi connectivity index (χ2v) is 7.58. The summed E-state index contributed by atoms with van der Waals surface area (Å²) in [6.07, 6.45) is 0.225. The smallest absolute Gasteiger partial charge is 0.475 e. The highest BCUT2D eigenvalue weighted by molar-refractivity contribution is 5.73. The van der Waals surface area contributed by atoms with Gasteiger partial charge in [-0.25, -0.2) is 13.6 Å². The summed E-state index contributed by atoms with van der Waals surface area (Å²) in [6, 6.07) is 3.49. The highest BCUT2D eigenvalue weighted by Crippen LogP contribution is 2.44. The Morgan fingerprint density at radius 1 is 1.20 bits per heavy atom. The number of nitrogens with zero attached hydrogens (tertiary/aromatic N) is 2. The van der Waals surface area contributed by atoms with E-state index in [1.807, 2.05) is 5.01 Å². The summed E-state index contributed by atoms with van der Waals surface area (Å²) >= 11 is 0. The van der Waals surface area contributed by atoms with Crippen molar-refractivity contribution in [2.75, 3.05) is 6.54 Å². The van der Waals surface area contributed by atoms with E-state index in [4.69, 9.17) is 9.90 Å². The van der Waals surface area contributed by atoms with Gasteiger partial charge in [-0.2, -0.15) is 18.3 Å². The zero-order valence-corrected chi connectivity index (χ0v) is 15.6. The number of hydrazone groups is 1. The molecular formula is C19H20F5N3O3. The molecule has 1 aromatic carbocycles. The van der Waals surface area contributed by atoms with Crippen molar-refractivity contribution in [3.8, 4) is 0 Å². The lowest BCUT2D eigenvalue weighted by molar-refractivity contribution is -0.192. The van der Waals surface area contributed by atoms with Crippen molar-refractivity contribution >= 4 is 18.5 Å². The highest BCUT2D eigenvalue weighted by atomic mass is 19.4. The Morgan fingerprint density at radius 3 is 2.40 bits per heavy atom. The third-order valence-corrected chi connectivity index (χ3v) is 5.63. The number of carbonyl (C=O) groups is 2. The molecule has 5 atom stereocenters. The van der Waals surface area contributed by atoms with Gasteiger partial charge in [-0.3, -0.25) is 10.3 Å². The molecule has 0 amide bonds. The third-order valence-electron chi connectivity index (χ3n) is 5.63. The predicted molar refractivity (Wildman–Crippen MR) is 95.3 cm³/mol. The minimum atomic E-state index is -5.08. The Hall–Kier alpha value is -2.56. The van der Waals surface area contributed by atoms with Crippen molar-refractivity contribution in [3.63, 3.8) is 0 Å². The van der Waals surface area contributed by atoms with Gasteiger partial charge in [0.15, 0.2) is 0 Å². The minimum Gasteiger partial charge on any atom is -0.475 e. The molecular weight excluding hydrogens is 413 g/mol. The molecule has 1 saturated heterocycles. The fourth-order valence-corrected chi connectivity index (χ4v) is 4.40. The van der Waals surface area contributed by atoms with E-state index in [1.54, 1.807) is 6.21 Å². The van der Waals surface area contributed by atoms with Crippen molar-refractivity contribution in [2.45, 2.75) is 37.6 Å². The van der Waals surface area contributed by atoms with E-state index in [-0.39, 0.29) is 18.1 Å². The van der Waals surface area contributed by atoms with Crippen LogP contribution in [-0.2, 0) is 9.59 Å². The molecule has 4 rings (SSSR count). The number of hydrogen-bond donors (Lipinski definition) is 2. The fraction of sp³-hybridized carbons (Fsp3) is 0.526. The molecule has 164 valence electrons. The summed E-state index contributed by atoms with van der Waals surface area (Å²) in [4.78, 5) is 20.0. The van der Waals surface area contributed by atoms with Gasteiger partial charge in [-0.15, -0.1) is 0 Å². The van der Waals surface area contributed by atoms with Crippen LogP contribution in [0.25, 0.3) is 0 Å². The Kier molecular flexibility index (Phi) is 6.39. The SMILES string of the molecule is O=C(O)C(F)(F)F.O=CC1C[C@H]2CNC(N3N=CCC3c3cc(F)cc(F)c3)[C@H]2C1. The Morgan fingerprint density at radius 2 is 1.83 bits per heavy atom. The Labute approximate surface area is 168 Å². The number of rotatable bonds is 3. The van der Waals surface area contributed by atoms with Crippen molar-refractivity contribution in [2.24, 2.45) is 22.9 Å². The zero-order valence-electron chi connectivity index (χ0n) is 15.6. The van der Waals surface area contributed by atoms with Crippen molar-refractivity contribution in [1.29, 1.82) is 0 Å². The third kappa shape index (κ3) is 4.77. The molecule has 0 spiro atoms. The molecule has 6 nitrogen and oxygen atoms in total. The van der Waals surface area contributed by atoms with E-state index in [0.717, 1.165) is 31.7 Å². The van der Waals surface area contributed by atoms with E-state index in [9.17, 15) is 26.7 Å². The number of hydrogen-bond acceptors (Lipinski definition) is 5. The summed E-state index contributed by atoms with van der Waals surface area (Å²) in [7, 11) is 0. The van der Waals surface area contributed by atoms with Crippen molar-refractivity contribution in [1.82, 2.24) is 10.3 Å². The monoisotopic (exact) mass is 433 g/mol. The number of nitrogens with one attached hydrogen (secondary N) is 1. The number of halogens is 5. The normalized spacial score (nSPS) is 30.0. The molecule has 2 heterocycles. The largest absolute Gasteiger partial charge is 0.490 e. The topological polar surface area (TPSA) is 82.0 Å². The van der Waals surface area contributed by atoms with Crippen molar-refractivity contribution in [3.05, 3.63) is 35.4 Å². The van der Waals surface area contributed by atoms with Crippen LogP contribution in [-0.4, -0.2) is 47.5 Å². The molecule has 2 N–H and O–H groups in total. The molecule has 1 saturated carbocycles. The van der Waals surface area contributed by atoms with Crippen LogP contribution in [0.5, 0.6) is 0 Å². The fourth-order valence-electron chi connectivity index (χ4n) is 4.40. The first kappa shape index (κ1) is 22.1. The van der Waals surface area contributed by atoms with E-state index in [2.05, 4.69) is 10.4 Å². The van der Waals surface area contributed by atoms with Gasteiger partial charge in [-0.05, 0) is 42.4 Å². The number of alkyl halides is 3. The maximum atomic E-state index is 13.5. The molecule has 3 unspecified atom stereocenters. The van der Waals surface area contributed by atoms with Crippen LogP contribution in [0, 0.1) is 29.4 Å². The number of carbonyl (C=O) groups excluding carboxylic acids is 1. The number of benzene rings is 1. The number of fused-ring (bicyclic) bond motifs is 1. The molecule has 1 aliphatic carbocycles. The second-order valence-electron chi connectivity index (χ2n) is 7.58. The number of aliphatic carboxylic acids is 1. The van der Waals surface area contributed by atoms with E-state index >= 15 is 0 Å². The van der Waals surface area contributed by atoms with Gasteiger partial charge in [-0.1, -0.05) is 0 Å². The summed E-state index contributed by atoms with van der Waals surface area (Å²) in [5, 5.41) is 17.0. The molecule has 2 aliphatic heterocycles. The number of carboxylic acids is 1. The van der Waals surface area contributed by atoms with Gasteiger partial charge < -0.3 is 9.90 Å².